The van der Waals surface area contributed by atoms with Gasteiger partial charge in [-0.3, -0.25) is 9.59 Å². The lowest BCUT2D eigenvalue weighted by molar-refractivity contribution is -0.138. The van der Waals surface area contributed by atoms with Gasteiger partial charge >= 0.3 is 6.18 Å². The molecule has 0 spiro atoms. The zero-order valence-corrected chi connectivity index (χ0v) is 18.4. The van der Waals surface area contributed by atoms with Crippen LogP contribution in [0.4, 0.5) is 18.9 Å². The molecule has 0 saturated heterocycles. The number of para-hydroxylation sites is 1. The lowest BCUT2D eigenvalue weighted by Gasteiger charge is -2.22. The molecule has 0 aliphatic heterocycles. The van der Waals surface area contributed by atoms with Crippen LogP contribution in [-0.4, -0.2) is 29.9 Å². The number of carbonyl (C=O) groups is 2. The molecule has 1 N–H and O–H groups in total. The fraction of sp³-hybridized carbons (Fsp3) is 0.154. The van der Waals surface area contributed by atoms with Crippen molar-refractivity contribution >= 4 is 28.3 Å². The van der Waals surface area contributed by atoms with Crippen LogP contribution in [0.2, 0.25) is 0 Å². The standard InChI is InChI=1S/C26H21F3N2O4/c27-26(28,29)22-9-3-4-10-23(22)30-24(32)16-31(15-21-8-5-13-34-21)25(33)17-35-20-12-11-18-6-1-2-7-19(18)14-20/h1-14H,15-17H2,(H,30,32). The average molecular weight is 482 g/mol. The molecule has 4 rings (SSSR count). The molecule has 0 saturated carbocycles. The molecule has 0 aliphatic carbocycles. The Balaban J connectivity index is 1.45. The number of hydrogen-bond donors (Lipinski definition) is 1. The van der Waals surface area contributed by atoms with Crippen LogP contribution in [0, 0.1) is 0 Å². The van der Waals surface area contributed by atoms with Gasteiger partial charge in [0.2, 0.25) is 5.91 Å². The maximum atomic E-state index is 13.3. The van der Waals surface area contributed by atoms with Gasteiger partial charge in [-0.1, -0.05) is 42.5 Å². The van der Waals surface area contributed by atoms with E-state index in [0.717, 1.165) is 27.8 Å². The van der Waals surface area contributed by atoms with Crippen molar-refractivity contribution in [3.63, 3.8) is 0 Å². The van der Waals surface area contributed by atoms with Crippen LogP contribution in [0.5, 0.6) is 5.75 Å². The third-order valence-corrected chi connectivity index (χ3v) is 5.20. The first-order valence-corrected chi connectivity index (χ1v) is 10.7. The Morgan fingerprint density at radius 2 is 1.66 bits per heavy atom. The number of benzene rings is 3. The number of amides is 2. The minimum Gasteiger partial charge on any atom is -0.484 e. The molecule has 2 amide bonds. The molecule has 0 bridgehead atoms. The molecule has 4 aromatic rings. The number of fused-ring (bicyclic) bond motifs is 1. The first-order chi connectivity index (χ1) is 16.8. The van der Waals surface area contributed by atoms with Crippen molar-refractivity contribution in [1.29, 1.82) is 0 Å². The van der Waals surface area contributed by atoms with Crippen molar-refractivity contribution < 1.29 is 31.9 Å². The van der Waals surface area contributed by atoms with Crippen molar-refractivity contribution in [3.05, 3.63) is 96.4 Å². The Morgan fingerprint density at radius 1 is 0.914 bits per heavy atom. The van der Waals surface area contributed by atoms with E-state index in [1.54, 1.807) is 24.3 Å². The molecule has 9 heteroatoms. The molecular weight excluding hydrogens is 461 g/mol. The smallest absolute Gasteiger partial charge is 0.418 e. The number of ether oxygens (including phenoxy) is 1. The number of anilines is 1. The Morgan fingerprint density at radius 3 is 2.40 bits per heavy atom. The first kappa shape index (κ1) is 23.9. The molecule has 3 aromatic carbocycles. The molecule has 35 heavy (non-hydrogen) atoms. The molecule has 1 aromatic heterocycles. The summed E-state index contributed by atoms with van der Waals surface area (Å²) in [5.41, 5.74) is -1.36. The third-order valence-electron chi connectivity index (χ3n) is 5.20. The van der Waals surface area contributed by atoms with Gasteiger partial charge in [-0.15, -0.1) is 0 Å². The van der Waals surface area contributed by atoms with E-state index in [1.807, 2.05) is 30.3 Å². The molecule has 0 unspecified atom stereocenters. The molecule has 6 nitrogen and oxygen atoms in total. The predicted molar refractivity (Wildman–Crippen MR) is 124 cm³/mol. The van der Waals surface area contributed by atoms with Gasteiger partial charge in [0.05, 0.1) is 24.1 Å². The third kappa shape index (κ3) is 6.20. The number of hydrogen-bond acceptors (Lipinski definition) is 4. The molecule has 1 heterocycles. The number of alkyl halides is 3. The van der Waals surface area contributed by atoms with Crippen LogP contribution in [-0.2, 0) is 22.3 Å². The number of rotatable bonds is 8. The van der Waals surface area contributed by atoms with Crippen LogP contribution in [0.3, 0.4) is 0 Å². The van der Waals surface area contributed by atoms with E-state index in [9.17, 15) is 22.8 Å². The normalized spacial score (nSPS) is 11.3. The number of carbonyl (C=O) groups excluding carboxylic acids is 2. The van der Waals surface area contributed by atoms with Crippen molar-refractivity contribution in [1.82, 2.24) is 4.90 Å². The van der Waals surface area contributed by atoms with Gasteiger partial charge in [-0.05, 0) is 47.2 Å². The van der Waals surface area contributed by atoms with Gasteiger partial charge in [0.1, 0.15) is 18.1 Å². The minimum atomic E-state index is -4.64. The van der Waals surface area contributed by atoms with E-state index in [2.05, 4.69) is 5.32 Å². The first-order valence-electron chi connectivity index (χ1n) is 10.7. The summed E-state index contributed by atoms with van der Waals surface area (Å²) in [6.45, 7) is -0.917. The van der Waals surface area contributed by atoms with E-state index < -0.39 is 30.1 Å². The summed E-state index contributed by atoms with van der Waals surface area (Å²) in [6, 6.07) is 20.9. The molecule has 0 fully saturated rings. The summed E-state index contributed by atoms with van der Waals surface area (Å²) in [4.78, 5) is 26.7. The quantitative estimate of drug-likeness (QED) is 0.360. The van der Waals surface area contributed by atoms with E-state index in [0.29, 0.717) is 11.5 Å². The molecular formula is C26H21F3N2O4. The number of furan rings is 1. The molecule has 0 atom stereocenters. The summed E-state index contributed by atoms with van der Waals surface area (Å²) in [5, 5.41) is 4.20. The highest BCUT2D eigenvalue weighted by Gasteiger charge is 2.33. The topological polar surface area (TPSA) is 71.8 Å². The Bertz CT molecular complexity index is 1320. The van der Waals surface area contributed by atoms with Crippen LogP contribution in [0.25, 0.3) is 10.8 Å². The Kier molecular flexibility index (Phi) is 7.05. The zero-order valence-electron chi connectivity index (χ0n) is 18.4. The second-order valence-electron chi connectivity index (χ2n) is 7.72. The fourth-order valence-electron chi connectivity index (χ4n) is 3.52. The molecule has 0 radical (unpaired) electrons. The van der Waals surface area contributed by atoms with Crippen molar-refractivity contribution in [3.8, 4) is 5.75 Å². The van der Waals surface area contributed by atoms with Gasteiger partial charge in [-0.2, -0.15) is 13.2 Å². The fourth-order valence-corrected chi connectivity index (χ4v) is 3.52. The SMILES string of the molecule is O=C(CN(Cc1ccco1)C(=O)COc1ccc2ccccc2c1)Nc1ccccc1C(F)(F)F. The maximum absolute atomic E-state index is 13.3. The van der Waals surface area contributed by atoms with Gasteiger partial charge in [0, 0.05) is 0 Å². The van der Waals surface area contributed by atoms with Gasteiger partial charge in [0.15, 0.2) is 6.61 Å². The zero-order chi connectivity index (χ0) is 24.8. The molecule has 180 valence electrons. The van der Waals surface area contributed by atoms with Crippen molar-refractivity contribution in [2.75, 3.05) is 18.5 Å². The average Bonchev–Trinajstić information content (AvgIpc) is 3.35. The van der Waals surface area contributed by atoms with Crippen LogP contribution in [0.1, 0.15) is 11.3 Å². The monoisotopic (exact) mass is 482 g/mol. The summed E-state index contributed by atoms with van der Waals surface area (Å²) in [5.74, 6) is -0.438. The Labute approximate surface area is 198 Å². The number of halogens is 3. The number of nitrogens with zero attached hydrogens (tertiary/aromatic N) is 1. The van der Waals surface area contributed by atoms with Crippen molar-refractivity contribution in [2.45, 2.75) is 12.7 Å². The van der Waals surface area contributed by atoms with Gasteiger partial charge in [-0.25, -0.2) is 0 Å². The lowest BCUT2D eigenvalue weighted by Crippen LogP contribution is -2.40. The number of nitrogens with one attached hydrogen (secondary N) is 1. The summed E-state index contributed by atoms with van der Waals surface area (Å²) >= 11 is 0. The van der Waals surface area contributed by atoms with Crippen LogP contribution in [0.15, 0.2) is 89.5 Å². The largest absolute Gasteiger partial charge is 0.484 e. The van der Waals surface area contributed by atoms with Crippen LogP contribution >= 0.6 is 0 Å². The van der Waals surface area contributed by atoms with E-state index in [-0.39, 0.29) is 18.8 Å². The maximum Gasteiger partial charge on any atom is 0.418 e. The van der Waals surface area contributed by atoms with Gasteiger partial charge < -0.3 is 19.4 Å². The highest BCUT2D eigenvalue weighted by molar-refractivity contribution is 5.95. The van der Waals surface area contributed by atoms with E-state index >= 15 is 0 Å². The van der Waals surface area contributed by atoms with E-state index in [1.165, 1.54) is 18.4 Å². The highest BCUT2D eigenvalue weighted by Crippen LogP contribution is 2.34. The highest BCUT2D eigenvalue weighted by atomic mass is 19.4. The second kappa shape index (κ2) is 10.3. The van der Waals surface area contributed by atoms with E-state index in [4.69, 9.17) is 9.15 Å². The van der Waals surface area contributed by atoms with Crippen molar-refractivity contribution in [2.24, 2.45) is 0 Å². The summed E-state index contributed by atoms with van der Waals surface area (Å²) < 4.78 is 50.7. The molecule has 0 aliphatic rings. The summed E-state index contributed by atoms with van der Waals surface area (Å²) in [6.07, 6.45) is -3.22. The minimum absolute atomic E-state index is 0.0543. The predicted octanol–water partition coefficient (Wildman–Crippen LogP) is 5.50. The lowest BCUT2D eigenvalue weighted by atomic mass is 10.1. The van der Waals surface area contributed by atoms with Crippen LogP contribution < -0.4 is 10.1 Å². The Hall–Kier alpha value is -4.27. The second-order valence-corrected chi connectivity index (χ2v) is 7.72. The summed E-state index contributed by atoms with van der Waals surface area (Å²) in [7, 11) is 0. The van der Waals surface area contributed by atoms with Gasteiger partial charge in [0.25, 0.3) is 5.91 Å².